The van der Waals surface area contributed by atoms with E-state index in [2.05, 4.69) is 10.1 Å². The monoisotopic (exact) mass is 583 g/mol. The summed E-state index contributed by atoms with van der Waals surface area (Å²) < 4.78 is 47.9. The fraction of sp³-hybridized carbons (Fsp3) is 0.0606. The van der Waals surface area contributed by atoms with E-state index in [9.17, 15) is 18.0 Å². The highest BCUT2D eigenvalue weighted by atomic mass is 35.5. The number of hydrogen-bond acceptors (Lipinski definition) is 4. The van der Waals surface area contributed by atoms with Crippen LogP contribution >= 0.6 is 11.6 Å². The van der Waals surface area contributed by atoms with Crippen molar-refractivity contribution in [3.8, 4) is 17.1 Å². The first kappa shape index (κ1) is 27.2. The van der Waals surface area contributed by atoms with Crippen molar-refractivity contribution in [3.05, 3.63) is 141 Å². The molecular formula is C33H21ClF3N3O2. The van der Waals surface area contributed by atoms with E-state index in [4.69, 9.17) is 16.3 Å². The van der Waals surface area contributed by atoms with Gasteiger partial charge in [-0.05, 0) is 47.2 Å². The predicted molar refractivity (Wildman–Crippen MR) is 159 cm³/mol. The van der Waals surface area contributed by atoms with Crippen molar-refractivity contribution >= 4 is 39.5 Å². The van der Waals surface area contributed by atoms with Crippen LogP contribution in [0.1, 0.15) is 16.7 Å². The summed E-state index contributed by atoms with van der Waals surface area (Å²) in [6, 6.07) is 29.9. The average molecular weight is 584 g/mol. The van der Waals surface area contributed by atoms with Gasteiger partial charge in [0.05, 0.1) is 22.7 Å². The first-order chi connectivity index (χ1) is 20.3. The number of aromatic nitrogens is 2. The Balaban J connectivity index is 1.51. The Morgan fingerprint density at radius 2 is 1.60 bits per heavy atom. The van der Waals surface area contributed by atoms with Crippen LogP contribution in [0.4, 0.5) is 13.2 Å². The molecule has 0 saturated carbocycles. The molecule has 0 aliphatic rings. The Bertz CT molecular complexity index is 2040. The fourth-order valence-corrected chi connectivity index (χ4v) is 4.86. The molecule has 0 radical (unpaired) electrons. The first-order valence-corrected chi connectivity index (χ1v) is 13.3. The first-order valence-electron chi connectivity index (χ1n) is 12.9. The van der Waals surface area contributed by atoms with Gasteiger partial charge < -0.3 is 4.74 Å². The van der Waals surface area contributed by atoms with E-state index in [-0.39, 0.29) is 23.4 Å². The Hall–Kier alpha value is -4.95. The number of ether oxygens (including phenoxy) is 1. The summed E-state index contributed by atoms with van der Waals surface area (Å²) in [5.41, 5.74) is 0.422. The molecule has 1 aromatic heterocycles. The van der Waals surface area contributed by atoms with Gasteiger partial charge in [-0.1, -0.05) is 84.4 Å². The van der Waals surface area contributed by atoms with Crippen LogP contribution < -0.4 is 10.3 Å². The molecule has 5 aromatic carbocycles. The minimum absolute atomic E-state index is 0.0279. The van der Waals surface area contributed by atoms with Gasteiger partial charge in [0.1, 0.15) is 12.4 Å². The van der Waals surface area contributed by atoms with Crippen LogP contribution in [0.25, 0.3) is 33.1 Å². The molecule has 0 aliphatic heterocycles. The molecule has 0 unspecified atom stereocenters. The molecular weight excluding hydrogens is 563 g/mol. The predicted octanol–water partition coefficient (Wildman–Crippen LogP) is 8.35. The second-order valence-electron chi connectivity index (χ2n) is 9.47. The lowest BCUT2D eigenvalue weighted by Gasteiger charge is -2.14. The lowest BCUT2D eigenvalue weighted by atomic mass is 10.0. The summed E-state index contributed by atoms with van der Waals surface area (Å²) in [7, 11) is 0. The SMILES string of the molecule is O=c1c2ccccc2nc(-c2cccc(C(F)(F)F)c2)n1N=Cc1c(OCc2ccccc2Cl)ccc2ccccc12. The maximum absolute atomic E-state index is 13.7. The largest absolute Gasteiger partial charge is 0.488 e. The van der Waals surface area contributed by atoms with Gasteiger partial charge in [-0.2, -0.15) is 22.9 Å². The molecule has 0 N–H and O–H groups in total. The number of alkyl halides is 3. The number of para-hydroxylation sites is 1. The van der Waals surface area contributed by atoms with Crippen molar-refractivity contribution in [1.29, 1.82) is 0 Å². The summed E-state index contributed by atoms with van der Waals surface area (Å²) >= 11 is 6.32. The molecule has 0 saturated heterocycles. The van der Waals surface area contributed by atoms with Crippen LogP contribution in [0, 0.1) is 0 Å². The van der Waals surface area contributed by atoms with Crippen LogP contribution in [0.3, 0.4) is 0 Å². The molecule has 0 spiro atoms. The second-order valence-corrected chi connectivity index (χ2v) is 9.88. The molecule has 6 aromatic rings. The third-order valence-corrected chi connectivity index (χ3v) is 7.14. The highest BCUT2D eigenvalue weighted by Gasteiger charge is 2.31. The molecule has 208 valence electrons. The zero-order valence-corrected chi connectivity index (χ0v) is 22.6. The topological polar surface area (TPSA) is 56.5 Å². The fourth-order valence-electron chi connectivity index (χ4n) is 4.67. The van der Waals surface area contributed by atoms with Crippen molar-refractivity contribution in [2.75, 3.05) is 0 Å². The van der Waals surface area contributed by atoms with E-state index >= 15 is 0 Å². The van der Waals surface area contributed by atoms with Crippen molar-refractivity contribution in [3.63, 3.8) is 0 Å². The van der Waals surface area contributed by atoms with Crippen molar-refractivity contribution in [2.24, 2.45) is 5.10 Å². The smallest absolute Gasteiger partial charge is 0.416 e. The number of hydrogen-bond donors (Lipinski definition) is 0. The summed E-state index contributed by atoms with van der Waals surface area (Å²) in [6.45, 7) is 0.186. The van der Waals surface area contributed by atoms with Gasteiger partial charge in [0.25, 0.3) is 5.56 Å². The number of fused-ring (bicyclic) bond motifs is 2. The molecule has 0 aliphatic carbocycles. The van der Waals surface area contributed by atoms with Gasteiger partial charge in [-0.25, -0.2) is 4.98 Å². The van der Waals surface area contributed by atoms with Gasteiger partial charge in [0.2, 0.25) is 0 Å². The van der Waals surface area contributed by atoms with E-state index in [0.717, 1.165) is 33.1 Å². The van der Waals surface area contributed by atoms with Crippen molar-refractivity contribution < 1.29 is 17.9 Å². The van der Waals surface area contributed by atoms with Crippen LogP contribution in [-0.4, -0.2) is 15.9 Å². The molecule has 42 heavy (non-hydrogen) atoms. The highest BCUT2D eigenvalue weighted by Crippen LogP contribution is 2.32. The Morgan fingerprint density at radius 1 is 0.857 bits per heavy atom. The minimum atomic E-state index is -4.57. The number of benzene rings is 5. The maximum atomic E-state index is 13.7. The zero-order valence-electron chi connectivity index (χ0n) is 21.8. The maximum Gasteiger partial charge on any atom is 0.416 e. The van der Waals surface area contributed by atoms with E-state index in [0.29, 0.717) is 21.9 Å². The standard InChI is InChI=1S/C33H21ClF3N3O2/c34-28-14-5-2-9-23(28)20-42-30-17-16-21-8-1-3-12-25(21)27(30)19-38-40-31(22-10-7-11-24(18-22)33(35,36)37)39-29-15-6-4-13-26(29)32(40)41/h1-19H,20H2. The average Bonchev–Trinajstić information content (AvgIpc) is 3.00. The molecule has 9 heteroatoms. The molecule has 0 amide bonds. The summed E-state index contributed by atoms with van der Waals surface area (Å²) in [6.07, 6.45) is -3.10. The second kappa shape index (κ2) is 11.1. The summed E-state index contributed by atoms with van der Waals surface area (Å²) in [5, 5.41) is 7.06. The summed E-state index contributed by atoms with van der Waals surface area (Å²) in [5.74, 6) is 0.458. The van der Waals surface area contributed by atoms with Crippen LogP contribution in [0.15, 0.2) is 119 Å². The van der Waals surface area contributed by atoms with Crippen molar-refractivity contribution in [2.45, 2.75) is 12.8 Å². The van der Waals surface area contributed by atoms with Gasteiger partial charge in [-0.15, -0.1) is 0 Å². The summed E-state index contributed by atoms with van der Waals surface area (Å²) in [4.78, 5) is 18.2. The van der Waals surface area contributed by atoms with Gasteiger partial charge in [0.15, 0.2) is 5.82 Å². The number of halogens is 4. The third kappa shape index (κ3) is 5.36. The lowest BCUT2D eigenvalue weighted by Crippen LogP contribution is -2.20. The Labute approximate surface area is 243 Å². The highest BCUT2D eigenvalue weighted by molar-refractivity contribution is 6.31. The normalized spacial score (nSPS) is 11.9. The minimum Gasteiger partial charge on any atom is -0.488 e. The number of rotatable bonds is 6. The van der Waals surface area contributed by atoms with Crippen molar-refractivity contribution in [1.82, 2.24) is 9.66 Å². The third-order valence-electron chi connectivity index (χ3n) is 6.78. The van der Waals surface area contributed by atoms with E-state index in [1.54, 1.807) is 36.4 Å². The quantitative estimate of drug-likeness (QED) is 0.185. The van der Waals surface area contributed by atoms with Gasteiger partial charge in [-0.3, -0.25) is 4.79 Å². The molecule has 5 nitrogen and oxygen atoms in total. The van der Waals surface area contributed by atoms with E-state index < -0.39 is 17.3 Å². The van der Waals surface area contributed by atoms with E-state index in [1.807, 2.05) is 48.5 Å². The van der Waals surface area contributed by atoms with Gasteiger partial charge in [0, 0.05) is 21.7 Å². The van der Waals surface area contributed by atoms with E-state index in [1.165, 1.54) is 18.3 Å². The zero-order chi connectivity index (χ0) is 29.3. The molecule has 1 heterocycles. The van der Waals surface area contributed by atoms with Crippen LogP contribution in [-0.2, 0) is 12.8 Å². The van der Waals surface area contributed by atoms with Crippen LogP contribution in [0.5, 0.6) is 5.75 Å². The van der Waals surface area contributed by atoms with Crippen LogP contribution in [0.2, 0.25) is 5.02 Å². The lowest BCUT2D eigenvalue weighted by molar-refractivity contribution is -0.137. The molecule has 6 rings (SSSR count). The molecule has 0 atom stereocenters. The van der Waals surface area contributed by atoms with Gasteiger partial charge >= 0.3 is 6.18 Å². The molecule has 0 bridgehead atoms. The Kier molecular flexibility index (Phi) is 7.22. The molecule has 0 fully saturated rings. The number of nitrogens with zero attached hydrogens (tertiary/aromatic N) is 3. The Morgan fingerprint density at radius 3 is 2.40 bits per heavy atom.